The Kier molecular flexibility index (Phi) is 1.16. The third-order valence-corrected chi connectivity index (χ3v) is 4.93. The maximum absolute atomic E-state index is 6.01. The highest BCUT2D eigenvalue weighted by Crippen LogP contribution is 2.51. The van der Waals surface area contributed by atoms with Crippen molar-refractivity contribution in [1.29, 1.82) is 0 Å². The van der Waals surface area contributed by atoms with Crippen LogP contribution in [-0.4, -0.2) is 42.5 Å². The smallest absolute Gasteiger partial charge is 0.139 e. The second-order valence-electron chi connectivity index (χ2n) is 3.38. The van der Waals surface area contributed by atoms with E-state index in [9.17, 15) is 0 Å². The number of quaternary nitrogens is 1. The van der Waals surface area contributed by atoms with E-state index in [1.807, 2.05) is 0 Å². The lowest BCUT2D eigenvalue weighted by atomic mass is 10.7. The van der Waals surface area contributed by atoms with Crippen LogP contribution in [0.2, 0.25) is 0 Å². The van der Waals surface area contributed by atoms with E-state index in [2.05, 4.69) is 11.1 Å². The second-order valence-corrected chi connectivity index (χ2v) is 6.10. The number of nitrogens with two attached hydrogens (primary N) is 1. The normalized spacial score (nSPS) is 48.5. The minimum Gasteiger partial charge on any atom is -0.304 e. The SMILES string of the molecule is C=NS1(N)CC[N+]2(CC2)C1. The maximum Gasteiger partial charge on any atom is 0.139 e. The first-order valence-electron chi connectivity index (χ1n) is 3.58. The van der Waals surface area contributed by atoms with Gasteiger partial charge in [0.1, 0.15) is 19.0 Å². The summed E-state index contributed by atoms with van der Waals surface area (Å²) in [6.45, 7) is 7.48. The molecule has 2 aliphatic rings. The molecule has 2 aliphatic heterocycles. The molecule has 0 bridgehead atoms. The first kappa shape index (κ1) is 6.64. The van der Waals surface area contributed by atoms with Gasteiger partial charge in [0.2, 0.25) is 0 Å². The van der Waals surface area contributed by atoms with Crippen LogP contribution in [0.5, 0.6) is 0 Å². The predicted octanol–water partition coefficient (Wildman–Crippen LogP) is 0.0818. The van der Waals surface area contributed by atoms with Gasteiger partial charge in [0, 0.05) is 0 Å². The zero-order chi connectivity index (χ0) is 7.24. The molecule has 2 fully saturated rings. The zero-order valence-corrected chi connectivity index (χ0v) is 6.94. The van der Waals surface area contributed by atoms with Crippen LogP contribution in [0.15, 0.2) is 4.40 Å². The molecule has 2 N–H and O–H groups in total. The van der Waals surface area contributed by atoms with Crippen LogP contribution in [0.1, 0.15) is 0 Å². The summed E-state index contributed by atoms with van der Waals surface area (Å²) < 4.78 is 5.31. The Labute approximate surface area is 63.1 Å². The molecule has 0 aromatic rings. The highest BCUT2D eigenvalue weighted by atomic mass is 32.3. The molecule has 4 heteroatoms. The highest BCUT2D eigenvalue weighted by molar-refractivity contribution is 8.30. The van der Waals surface area contributed by atoms with E-state index >= 15 is 0 Å². The second kappa shape index (κ2) is 1.75. The van der Waals surface area contributed by atoms with Crippen molar-refractivity contribution in [3.8, 4) is 0 Å². The van der Waals surface area contributed by atoms with Crippen molar-refractivity contribution < 1.29 is 4.48 Å². The van der Waals surface area contributed by atoms with E-state index < -0.39 is 10.4 Å². The summed E-state index contributed by atoms with van der Waals surface area (Å²) in [5.41, 5.74) is 0. The predicted molar refractivity (Wildman–Crippen MR) is 45.9 cm³/mol. The summed E-state index contributed by atoms with van der Waals surface area (Å²) in [5, 5.41) is 6.01. The topological polar surface area (TPSA) is 38.4 Å². The lowest BCUT2D eigenvalue weighted by Crippen LogP contribution is -2.22. The number of rotatable bonds is 1. The summed E-state index contributed by atoms with van der Waals surface area (Å²) in [6.07, 6.45) is 0. The van der Waals surface area contributed by atoms with Crippen molar-refractivity contribution in [2.24, 2.45) is 9.54 Å². The van der Waals surface area contributed by atoms with Gasteiger partial charge in [-0.2, -0.15) is 0 Å². The Bertz CT molecular complexity index is 178. The Balaban J connectivity index is 2.11. The van der Waals surface area contributed by atoms with E-state index in [1.54, 1.807) is 0 Å². The van der Waals surface area contributed by atoms with Gasteiger partial charge < -0.3 is 4.48 Å². The van der Waals surface area contributed by atoms with Gasteiger partial charge in [-0.1, -0.05) is 0 Å². The Morgan fingerprint density at radius 3 is 2.40 bits per heavy atom. The summed E-state index contributed by atoms with van der Waals surface area (Å²) in [6, 6.07) is 0. The molecule has 1 atom stereocenters. The molecule has 3 nitrogen and oxygen atoms in total. The van der Waals surface area contributed by atoms with Crippen LogP contribution in [0, 0.1) is 0 Å². The fourth-order valence-electron chi connectivity index (χ4n) is 1.55. The summed E-state index contributed by atoms with van der Waals surface area (Å²) in [7, 11) is -1.10. The van der Waals surface area contributed by atoms with Crippen LogP contribution < -0.4 is 5.14 Å². The molecule has 0 saturated carbocycles. The van der Waals surface area contributed by atoms with Crippen molar-refractivity contribution in [2.75, 3.05) is 31.3 Å². The molecular formula is C6H14N3S+. The Morgan fingerprint density at radius 2 is 2.10 bits per heavy atom. The molecule has 0 radical (unpaired) electrons. The molecule has 1 spiro atoms. The van der Waals surface area contributed by atoms with E-state index in [0.29, 0.717) is 0 Å². The van der Waals surface area contributed by atoms with Gasteiger partial charge >= 0.3 is 0 Å². The minimum atomic E-state index is -1.10. The van der Waals surface area contributed by atoms with Gasteiger partial charge in [-0.25, -0.2) is 4.40 Å². The fraction of sp³-hybridized carbons (Fsp3) is 0.833. The molecule has 10 heavy (non-hydrogen) atoms. The van der Waals surface area contributed by atoms with E-state index in [0.717, 1.165) is 11.6 Å². The molecule has 1 unspecified atom stereocenters. The molecule has 0 aromatic carbocycles. The quantitative estimate of drug-likeness (QED) is 0.329. The van der Waals surface area contributed by atoms with Gasteiger partial charge in [-0.15, -0.1) is 0 Å². The third-order valence-electron chi connectivity index (χ3n) is 2.53. The first-order chi connectivity index (χ1) is 4.68. The standard InChI is InChI=1S/C6H14N3S/c1-8-10(7)5-4-9(6-10)2-3-9/h1-7H2/q+1. The average Bonchev–Trinajstić information content (AvgIpc) is 2.56. The average molecular weight is 160 g/mol. The van der Waals surface area contributed by atoms with Crippen molar-refractivity contribution in [1.82, 2.24) is 0 Å². The number of hydrogen-bond donors (Lipinski definition) is 1. The molecule has 2 heterocycles. The van der Waals surface area contributed by atoms with Crippen LogP contribution in [0.4, 0.5) is 0 Å². The maximum atomic E-state index is 6.01. The fourth-order valence-corrected chi connectivity index (χ4v) is 3.93. The van der Waals surface area contributed by atoms with Crippen molar-refractivity contribution >= 4 is 17.1 Å². The number of hydrogen-bond acceptors (Lipinski definition) is 2. The van der Waals surface area contributed by atoms with Crippen molar-refractivity contribution in [3.63, 3.8) is 0 Å². The monoisotopic (exact) mass is 160 g/mol. The van der Waals surface area contributed by atoms with E-state index in [-0.39, 0.29) is 0 Å². The van der Waals surface area contributed by atoms with Crippen molar-refractivity contribution in [2.45, 2.75) is 0 Å². The molecule has 58 valence electrons. The highest BCUT2D eigenvalue weighted by Gasteiger charge is 2.51. The molecule has 0 amide bonds. The minimum absolute atomic E-state index is 1.10. The molecule has 0 aliphatic carbocycles. The third kappa shape index (κ3) is 0.872. The largest absolute Gasteiger partial charge is 0.304 e. The molecule has 2 rings (SSSR count). The van der Waals surface area contributed by atoms with Gasteiger partial charge in [-0.05, 0) is 17.1 Å². The van der Waals surface area contributed by atoms with Gasteiger partial charge in [0.25, 0.3) is 0 Å². The summed E-state index contributed by atoms with van der Waals surface area (Å²) in [4.78, 5) is 0. The lowest BCUT2D eigenvalue weighted by Gasteiger charge is -2.21. The first-order valence-corrected chi connectivity index (χ1v) is 5.57. The lowest BCUT2D eigenvalue weighted by molar-refractivity contribution is -0.777. The van der Waals surface area contributed by atoms with Crippen LogP contribution in [0.25, 0.3) is 0 Å². The summed E-state index contributed by atoms with van der Waals surface area (Å²) in [5.74, 6) is 2.22. The van der Waals surface area contributed by atoms with Crippen LogP contribution >= 0.6 is 10.4 Å². The molecule has 0 aromatic heterocycles. The molecular weight excluding hydrogens is 146 g/mol. The van der Waals surface area contributed by atoms with Crippen LogP contribution in [-0.2, 0) is 0 Å². The van der Waals surface area contributed by atoms with Crippen LogP contribution in [0.3, 0.4) is 0 Å². The Hall–Kier alpha value is -0.0600. The Morgan fingerprint density at radius 1 is 1.40 bits per heavy atom. The van der Waals surface area contributed by atoms with Crippen molar-refractivity contribution in [3.05, 3.63) is 0 Å². The molecule has 2 saturated heterocycles. The van der Waals surface area contributed by atoms with E-state index in [4.69, 9.17) is 5.14 Å². The zero-order valence-electron chi connectivity index (χ0n) is 6.12. The van der Waals surface area contributed by atoms with E-state index in [1.165, 1.54) is 24.1 Å². The van der Waals surface area contributed by atoms with Gasteiger partial charge in [-0.3, -0.25) is 5.14 Å². The van der Waals surface area contributed by atoms with Gasteiger partial charge in [0.15, 0.2) is 0 Å². The van der Waals surface area contributed by atoms with Gasteiger partial charge in [0.05, 0.1) is 12.3 Å². The summed E-state index contributed by atoms with van der Waals surface area (Å²) >= 11 is 0. The number of nitrogens with zero attached hydrogens (tertiary/aromatic N) is 2.